The molecule has 0 aromatic carbocycles. The predicted molar refractivity (Wildman–Crippen MR) is 86.9 cm³/mol. The second-order valence-corrected chi connectivity index (χ2v) is 5.09. The van der Waals surface area contributed by atoms with Crippen LogP contribution in [0.25, 0.3) is 0 Å². The summed E-state index contributed by atoms with van der Waals surface area (Å²) in [5, 5.41) is 5.30. The molecule has 2 atom stereocenters. The average Bonchev–Trinajstić information content (AvgIpc) is 2.46. The van der Waals surface area contributed by atoms with E-state index in [1.54, 1.807) is 0 Å². The second kappa shape index (κ2) is 12.5. The highest BCUT2D eigenvalue weighted by molar-refractivity contribution is 7.80. The summed E-state index contributed by atoms with van der Waals surface area (Å²) >= 11 is 4.07. The quantitative estimate of drug-likeness (QED) is 0.0628. The number of thiol groups is 1. The van der Waals surface area contributed by atoms with Crippen LogP contribution in [0, 0.1) is 0 Å². The molecule has 0 fully saturated rings. The highest BCUT2D eigenvalue weighted by Crippen LogP contribution is 1.97. The fourth-order valence-electron chi connectivity index (χ4n) is 1.59. The van der Waals surface area contributed by atoms with Crippen molar-refractivity contribution in [1.82, 2.24) is 21.5 Å². The lowest BCUT2D eigenvalue weighted by Gasteiger charge is -2.22. The van der Waals surface area contributed by atoms with Gasteiger partial charge in [0.05, 0.1) is 18.6 Å². The minimum atomic E-state index is -0.611. The molecule has 0 aromatic heterocycles. The molecular formula is C12H26N6O3S. The summed E-state index contributed by atoms with van der Waals surface area (Å²) in [4.78, 5) is 33.6. The van der Waals surface area contributed by atoms with Crippen molar-refractivity contribution in [3.05, 3.63) is 0 Å². The van der Waals surface area contributed by atoms with E-state index in [0.717, 1.165) is 0 Å². The van der Waals surface area contributed by atoms with E-state index in [0.29, 0.717) is 31.4 Å². The lowest BCUT2D eigenvalue weighted by Crippen LogP contribution is -2.55. The number of rotatable bonds is 13. The number of carbonyl (C=O) groups excluding carboxylic acids is 3. The van der Waals surface area contributed by atoms with E-state index in [1.807, 2.05) is 0 Å². The monoisotopic (exact) mass is 334 g/mol. The molecule has 0 aliphatic rings. The molecule has 0 bridgehead atoms. The number of ketones is 1. The minimum Gasteiger partial charge on any atom is -0.348 e. The zero-order valence-electron chi connectivity index (χ0n) is 12.7. The molecule has 128 valence electrons. The van der Waals surface area contributed by atoms with Crippen molar-refractivity contribution in [2.24, 2.45) is 11.5 Å². The maximum absolute atomic E-state index is 12.0. The van der Waals surface area contributed by atoms with E-state index in [2.05, 4.69) is 34.1 Å². The third-order valence-electron chi connectivity index (χ3n) is 2.83. The van der Waals surface area contributed by atoms with Crippen molar-refractivity contribution in [3.8, 4) is 0 Å². The van der Waals surface area contributed by atoms with Crippen molar-refractivity contribution in [2.45, 2.75) is 38.1 Å². The van der Waals surface area contributed by atoms with Crippen LogP contribution in [0.1, 0.15) is 19.8 Å². The SMILES string of the molecule is CC(=O)[C@H](CS)NN[C@@H](CCCNC(N)N)C(=O)NCC=O. The zero-order chi connectivity index (χ0) is 17.0. The molecule has 0 rings (SSSR count). The van der Waals surface area contributed by atoms with Gasteiger partial charge in [-0.15, -0.1) is 0 Å². The van der Waals surface area contributed by atoms with Crippen LogP contribution in [0.2, 0.25) is 0 Å². The minimum absolute atomic E-state index is 0.0638. The molecule has 1 amide bonds. The molecule has 0 saturated carbocycles. The molecule has 0 radical (unpaired) electrons. The van der Waals surface area contributed by atoms with Crippen LogP contribution in [0.3, 0.4) is 0 Å². The maximum Gasteiger partial charge on any atom is 0.238 e. The van der Waals surface area contributed by atoms with E-state index in [4.69, 9.17) is 11.5 Å². The average molecular weight is 334 g/mol. The Labute approximate surface area is 135 Å². The summed E-state index contributed by atoms with van der Waals surface area (Å²) in [7, 11) is 0. The number of hydrogen-bond donors (Lipinski definition) is 7. The maximum atomic E-state index is 12.0. The lowest BCUT2D eigenvalue weighted by molar-refractivity contribution is -0.125. The summed E-state index contributed by atoms with van der Waals surface area (Å²) in [6.45, 7) is 1.91. The van der Waals surface area contributed by atoms with Crippen molar-refractivity contribution >= 4 is 30.6 Å². The van der Waals surface area contributed by atoms with Crippen molar-refractivity contribution in [2.75, 3.05) is 18.8 Å². The number of hydrazine groups is 1. The molecule has 22 heavy (non-hydrogen) atoms. The van der Waals surface area contributed by atoms with Gasteiger partial charge in [-0.05, 0) is 26.3 Å². The first kappa shape index (κ1) is 21.0. The van der Waals surface area contributed by atoms with Crippen LogP contribution >= 0.6 is 12.6 Å². The van der Waals surface area contributed by atoms with Gasteiger partial charge in [-0.25, -0.2) is 10.9 Å². The van der Waals surface area contributed by atoms with Gasteiger partial charge >= 0.3 is 0 Å². The van der Waals surface area contributed by atoms with Crippen LogP contribution < -0.4 is 33.0 Å². The van der Waals surface area contributed by atoms with Gasteiger partial charge in [0.1, 0.15) is 18.4 Å². The Bertz CT molecular complexity index is 356. The third kappa shape index (κ3) is 9.82. The van der Waals surface area contributed by atoms with Gasteiger partial charge in [0.25, 0.3) is 0 Å². The molecule has 0 heterocycles. The fraction of sp³-hybridized carbons (Fsp3) is 0.750. The normalized spacial score (nSPS) is 13.7. The first-order valence-electron chi connectivity index (χ1n) is 7.00. The number of nitrogens with one attached hydrogen (secondary N) is 4. The first-order valence-corrected chi connectivity index (χ1v) is 7.63. The van der Waals surface area contributed by atoms with Gasteiger partial charge in [0, 0.05) is 5.75 Å². The van der Waals surface area contributed by atoms with Crippen LogP contribution in [-0.2, 0) is 14.4 Å². The highest BCUT2D eigenvalue weighted by atomic mass is 32.1. The number of aldehydes is 1. The number of carbonyl (C=O) groups is 3. The Kier molecular flexibility index (Phi) is 11.9. The Hall–Kier alpha value is -1.04. The Balaban J connectivity index is 4.40. The summed E-state index contributed by atoms with van der Waals surface area (Å²) < 4.78 is 0. The summed E-state index contributed by atoms with van der Waals surface area (Å²) in [5.74, 6) is -0.127. The van der Waals surface area contributed by atoms with Crippen LogP contribution in [0.4, 0.5) is 0 Å². The van der Waals surface area contributed by atoms with E-state index < -0.39 is 18.4 Å². The van der Waals surface area contributed by atoms with Gasteiger partial charge in [-0.3, -0.25) is 14.9 Å². The van der Waals surface area contributed by atoms with E-state index in [-0.39, 0.29) is 18.2 Å². The fourth-order valence-corrected chi connectivity index (χ4v) is 1.93. The van der Waals surface area contributed by atoms with Gasteiger partial charge in [-0.1, -0.05) is 0 Å². The molecule has 10 heteroatoms. The topological polar surface area (TPSA) is 151 Å². The first-order chi connectivity index (χ1) is 10.4. The molecule has 0 aromatic rings. The Morgan fingerprint density at radius 3 is 2.36 bits per heavy atom. The van der Waals surface area contributed by atoms with Crippen molar-refractivity contribution < 1.29 is 14.4 Å². The molecule has 0 aliphatic heterocycles. The highest BCUT2D eigenvalue weighted by Gasteiger charge is 2.20. The zero-order valence-corrected chi connectivity index (χ0v) is 13.6. The van der Waals surface area contributed by atoms with Gasteiger partial charge in [0.2, 0.25) is 5.91 Å². The summed E-state index contributed by atoms with van der Waals surface area (Å²) in [6.07, 6.45) is 1.09. The number of amides is 1. The molecular weight excluding hydrogens is 308 g/mol. The van der Waals surface area contributed by atoms with Crippen molar-refractivity contribution in [3.63, 3.8) is 0 Å². The van der Waals surface area contributed by atoms with E-state index in [1.165, 1.54) is 6.92 Å². The summed E-state index contributed by atoms with van der Waals surface area (Å²) in [6, 6.07) is -1.10. The van der Waals surface area contributed by atoms with E-state index >= 15 is 0 Å². The number of Topliss-reactive ketones (excluding diaryl/α,β-unsaturated/α-hetero) is 1. The molecule has 0 aliphatic carbocycles. The molecule has 9 nitrogen and oxygen atoms in total. The molecule has 0 unspecified atom stereocenters. The molecule has 0 saturated heterocycles. The van der Waals surface area contributed by atoms with Gasteiger partial charge in [-0.2, -0.15) is 12.6 Å². The molecule has 0 spiro atoms. The third-order valence-corrected chi connectivity index (χ3v) is 3.20. The van der Waals surface area contributed by atoms with Crippen LogP contribution in [0.15, 0.2) is 0 Å². The second-order valence-electron chi connectivity index (χ2n) is 4.72. The van der Waals surface area contributed by atoms with Gasteiger partial charge < -0.3 is 21.6 Å². The van der Waals surface area contributed by atoms with Crippen molar-refractivity contribution in [1.29, 1.82) is 0 Å². The smallest absolute Gasteiger partial charge is 0.238 e. The standard InChI is InChI=1S/C12H26N6O3S/c1-8(20)10(7-22)18-17-9(11(21)15-5-6-19)3-2-4-16-12(13)14/h6,9-10,12,16-18,22H,2-5,7,13-14H2,1H3,(H,15,21)/t9-,10-/m0/s1. The number of nitrogens with two attached hydrogens (primary N) is 2. The Morgan fingerprint density at radius 2 is 1.86 bits per heavy atom. The van der Waals surface area contributed by atoms with E-state index in [9.17, 15) is 14.4 Å². The lowest BCUT2D eigenvalue weighted by atomic mass is 10.1. The van der Waals surface area contributed by atoms with Gasteiger partial charge in [0.15, 0.2) is 0 Å². The largest absolute Gasteiger partial charge is 0.348 e. The van der Waals surface area contributed by atoms with Crippen LogP contribution in [-0.4, -0.2) is 55.2 Å². The number of hydrogen-bond acceptors (Lipinski definition) is 9. The Morgan fingerprint density at radius 1 is 1.23 bits per heavy atom. The molecule has 8 N–H and O–H groups in total. The van der Waals surface area contributed by atoms with Crippen LogP contribution in [0.5, 0.6) is 0 Å². The summed E-state index contributed by atoms with van der Waals surface area (Å²) in [5.41, 5.74) is 16.3. The predicted octanol–water partition coefficient (Wildman–Crippen LogP) is -2.78.